The lowest BCUT2D eigenvalue weighted by molar-refractivity contribution is -0.0407. The molecule has 2 heterocycles. The minimum atomic E-state index is -0.268. The van der Waals surface area contributed by atoms with Crippen molar-refractivity contribution in [2.75, 3.05) is 18.5 Å². The van der Waals surface area contributed by atoms with Crippen LogP contribution in [0.1, 0.15) is 56.0 Å². The number of nitrogens with zero attached hydrogens (tertiary/aromatic N) is 2. The highest BCUT2D eigenvalue weighted by Gasteiger charge is 2.31. The zero-order chi connectivity index (χ0) is 16.2. The average Bonchev–Trinajstić information content (AvgIpc) is 2.49. The van der Waals surface area contributed by atoms with E-state index in [1.165, 1.54) is 0 Å². The molecule has 0 amide bonds. The van der Waals surface area contributed by atoms with Crippen LogP contribution in [0.2, 0.25) is 0 Å². The number of anilines is 1. The van der Waals surface area contributed by atoms with Gasteiger partial charge in [-0.1, -0.05) is 13.3 Å². The van der Waals surface area contributed by atoms with Crippen LogP contribution in [0.25, 0.3) is 0 Å². The highest BCUT2D eigenvalue weighted by atomic mass is 16.5. The number of rotatable bonds is 6. The highest BCUT2D eigenvalue weighted by Crippen LogP contribution is 2.34. The molecule has 0 saturated carbocycles. The lowest BCUT2D eigenvalue weighted by Gasteiger charge is -2.33. The van der Waals surface area contributed by atoms with Crippen molar-refractivity contribution in [2.24, 2.45) is 0 Å². The number of ether oxygens (including phenoxy) is 1. The third kappa shape index (κ3) is 3.57. The summed E-state index contributed by atoms with van der Waals surface area (Å²) in [5, 5.41) is 21.7. The fraction of sp³-hybridized carbons (Fsp3) is 0.647. The van der Waals surface area contributed by atoms with Gasteiger partial charge in [0.05, 0.1) is 24.4 Å². The van der Waals surface area contributed by atoms with Gasteiger partial charge in [0.15, 0.2) is 0 Å². The van der Waals surface area contributed by atoms with E-state index in [-0.39, 0.29) is 12.2 Å². The Morgan fingerprint density at radius 2 is 2.18 bits per heavy atom. The predicted octanol–water partition coefficient (Wildman–Crippen LogP) is 2.55. The molecule has 0 spiro atoms. The van der Waals surface area contributed by atoms with Crippen molar-refractivity contribution >= 4 is 5.82 Å². The largest absolute Gasteiger partial charge is 0.395 e. The molecule has 0 atom stereocenters. The van der Waals surface area contributed by atoms with Gasteiger partial charge in [0.1, 0.15) is 11.9 Å². The summed E-state index contributed by atoms with van der Waals surface area (Å²) in [5.74, 6) is 0.596. The molecule has 0 fully saturated rings. The number of aromatic nitrogens is 1. The second kappa shape index (κ2) is 7.08. The Hall–Kier alpha value is -1.64. The number of hydrogen-bond acceptors (Lipinski definition) is 5. The number of nitrogens with one attached hydrogen (secondary N) is 1. The quantitative estimate of drug-likeness (QED) is 0.844. The molecule has 0 aromatic carbocycles. The van der Waals surface area contributed by atoms with E-state index in [1.54, 1.807) is 0 Å². The van der Waals surface area contributed by atoms with Crippen molar-refractivity contribution in [2.45, 2.75) is 58.7 Å². The van der Waals surface area contributed by atoms with E-state index in [2.05, 4.69) is 23.3 Å². The van der Waals surface area contributed by atoms with Gasteiger partial charge in [0.2, 0.25) is 0 Å². The van der Waals surface area contributed by atoms with Crippen molar-refractivity contribution in [1.29, 1.82) is 5.26 Å². The van der Waals surface area contributed by atoms with Crippen LogP contribution >= 0.6 is 0 Å². The number of nitriles is 1. The van der Waals surface area contributed by atoms with Crippen LogP contribution in [0.4, 0.5) is 5.82 Å². The van der Waals surface area contributed by atoms with Gasteiger partial charge in [0, 0.05) is 24.2 Å². The monoisotopic (exact) mass is 303 g/mol. The first-order valence-electron chi connectivity index (χ1n) is 7.95. The van der Waals surface area contributed by atoms with Crippen LogP contribution in [-0.4, -0.2) is 28.8 Å². The molecule has 0 radical (unpaired) electrons. The van der Waals surface area contributed by atoms with Gasteiger partial charge in [-0.2, -0.15) is 5.26 Å². The summed E-state index contributed by atoms with van der Waals surface area (Å²) in [7, 11) is 0. The molecule has 0 bridgehead atoms. The van der Waals surface area contributed by atoms with Crippen molar-refractivity contribution in [1.82, 2.24) is 4.98 Å². The van der Waals surface area contributed by atoms with E-state index in [0.717, 1.165) is 36.1 Å². The molecule has 0 unspecified atom stereocenters. The first kappa shape index (κ1) is 16.7. The van der Waals surface area contributed by atoms with E-state index < -0.39 is 0 Å². The lowest BCUT2D eigenvalue weighted by atomic mass is 9.87. The molecule has 5 heteroatoms. The Labute approximate surface area is 132 Å². The Morgan fingerprint density at radius 1 is 1.41 bits per heavy atom. The van der Waals surface area contributed by atoms with Crippen LogP contribution in [-0.2, 0) is 24.2 Å². The van der Waals surface area contributed by atoms with Crippen molar-refractivity contribution in [3.63, 3.8) is 0 Å². The van der Waals surface area contributed by atoms with Crippen LogP contribution in [0, 0.1) is 11.3 Å². The summed E-state index contributed by atoms with van der Waals surface area (Å²) in [4.78, 5) is 4.65. The van der Waals surface area contributed by atoms with E-state index in [4.69, 9.17) is 9.84 Å². The van der Waals surface area contributed by atoms with Crippen LogP contribution < -0.4 is 5.32 Å². The smallest absolute Gasteiger partial charge is 0.144 e. The normalized spacial score (nSPS) is 16.0. The summed E-state index contributed by atoms with van der Waals surface area (Å²) >= 11 is 0. The SMILES string of the molecule is CCCCc1nc(NCCO)c(C#N)c2c1COC(C)(C)C2. The number of aliphatic hydroxyl groups excluding tert-OH is 1. The number of fused-ring (bicyclic) bond motifs is 1. The molecule has 2 N–H and O–H groups in total. The molecule has 120 valence electrons. The third-order valence-electron chi connectivity index (χ3n) is 3.99. The van der Waals surface area contributed by atoms with Crippen LogP contribution in [0.5, 0.6) is 0 Å². The fourth-order valence-electron chi connectivity index (χ4n) is 2.81. The molecule has 1 aromatic rings. The van der Waals surface area contributed by atoms with Crippen molar-refractivity contribution in [3.8, 4) is 6.07 Å². The van der Waals surface area contributed by atoms with Crippen molar-refractivity contribution < 1.29 is 9.84 Å². The first-order chi connectivity index (χ1) is 10.5. The van der Waals surface area contributed by atoms with E-state index in [1.807, 2.05) is 13.8 Å². The fourth-order valence-corrected chi connectivity index (χ4v) is 2.81. The molecule has 1 aromatic heterocycles. The Morgan fingerprint density at radius 3 is 2.82 bits per heavy atom. The Bertz CT molecular complexity index is 576. The minimum Gasteiger partial charge on any atom is -0.395 e. The topological polar surface area (TPSA) is 78.2 Å². The summed E-state index contributed by atoms with van der Waals surface area (Å²) in [6.07, 6.45) is 3.76. The van der Waals surface area contributed by atoms with Gasteiger partial charge in [-0.3, -0.25) is 0 Å². The van der Waals surface area contributed by atoms with Crippen molar-refractivity contribution in [3.05, 3.63) is 22.4 Å². The molecule has 0 saturated heterocycles. The maximum absolute atomic E-state index is 9.58. The summed E-state index contributed by atoms with van der Waals surface area (Å²) in [6, 6.07) is 2.29. The van der Waals surface area contributed by atoms with Crippen LogP contribution in [0.3, 0.4) is 0 Å². The second-order valence-electron chi connectivity index (χ2n) is 6.33. The maximum atomic E-state index is 9.58. The molecular formula is C17H25N3O2. The summed E-state index contributed by atoms with van der Waals surface area (Å²) < 4.78 is 5.92. The van der Waals surface area contributed by atoms with Gasteiger partial charge in [-0.05, 0) is 32.3 Å². The average molecular weight is 303 g/mol. The molecule has 22 heavy (non-hydrogen) atoms. The van der Waals surface area contributed by atoms with E-state index >= 15 is 0 Å². The van der Waals surface area contributed by atoms with E-state index in [9.17, 15) is 5.26 Å². The molecule has 0 aliphatic carbocycles. The highest BCUT2D eigenvalue weighted by molar-refractivity contribution is 5.60. The maximum Gasteiger partial charge on any atom is 0.144 e. The number of hydrogen-bond donors (Lipinski definition) is 2. The third-order valence-corrected chi connectivity index (χ3v) is 3.99. The number of aryl methyl sites for hydroxylation is 1. The number of pyridine rings is 1. The van der Waals surface area contributed by atoms with Gasteiger partial charge >= 0.3 is 0 Å². The molecule has 5 nitrogen and oxygen atoms in total. The van der Waals surface area contributed by atoms with Gasteiger partial charge in [-0.25, -0.2) is 4.98 Å². The molecular weight excluding hydrogens is 278 g/mol. The van der Waals surface area contributed by atoms with Gasteiger partial charge in [-0.15, -0.1) is 0 Å². The standard InChI is InChI=1S/C17H25N3O2/c1-4-5-6-15-14-11-22-17(2,3)9-12(14)13(10-18)16(20-15)19-7-8-21/h21H,4-9,11H2,1-3H3,(H,19,20). The lowest BCUT2D eigenvalue weighted by Crippen LogP contribution is -2.33. The van der Waals surface area contributed by atoms with Gasteiger partial charge < -0.3 is 15.2 Å². The minimum absolute atomic E-state index is 0.0164. The zero-order valence-corrected chi connectivity index (χ0v) is 13.7. The Balaban J connectivity index is 2.50. The first-order valence-corrected chi connectivity index (χ1v) is 7.95. The summed E-state index contributed by atoms with van der Waals surface area (Å²) in [5.41, 5.74) is 3.49. The molecule has 2 rings (SSSR count). The van der Waals surface area contributed by atoms with Crippen LogP contribution in [0.15, 0.2) is 0 Å². The molecule has 1 aliphatic rings. The zero-order valence-electron chi connectivity index (χ0n) is 13.7. The molecule has 1 aliphatic heterocycles. The number of unbranched alkanes of at least 4 members (excludes halogenated alkanes) is 1. The Kier molecular flexibility index (Phi) is 5.38. The predicted molar refractivity (Wildman–Crippen MR) is 85.7 cm³/mol. The van der Waals surface area contributed by atoms with E-state index in [0.29, 0.717) is 31.0 Å². The second-order valence-corrected chi connectivity index (χ2v) is 6.33. The number of aliphatic hydroxyl groups is 1. The summed E-state index contributed by atoms with van der Waals surface area (Å²) in [6.45, 7) is 7.17. The van der Waals surface area contributed by atoms with Gasteiger partial charge in [0.25, 0.3) is 0 Å².